The van der Waals surface area contributed by atoms with Gasteiger partial charge in [0.05, 0.1) is 22.6 Å². The van der Waals surface area contributed by atoms with E-state index in [1.165, 1.54) is 0 Å². The molecule has 2 aromatic heterocycles. The van der Waals surface area contributed by atoms with Gasteiger partial charge in [0.15, 0.2) is 0 Å². The molecular weight excluding hydrogens is 310 g/mol. The lowest BCUT2D eigenvalue weighted by molar-refractivity contribution is -0.142. The van der Waals surface area contributed by atoms with Gasteiger partial charge in [0.2, 0.25) is 0 Å². The summed E-state index contributed by atoms with van der Waals surface area (Å²) in [5.74, 6) is -1.26. The van der Waals surface area contributed by atoms with Crippen LogP contribution in [-0.4, -0.2) is 33.2 Å². The van der Waals surface area contributed by atoms with Gasteiger partial charge in [-0.1, -0.05) is 11.6 Å². The molecule has 2 N–H and O–H groups in total. The van der Waals surface area contributed by atoms with Gasteiger partial charge in [-0.2, -0.15) is 0 Å². The third-order valence-electron chi connectivity index (χ3n) is 5.03. The second-order valence-corrected chi connectivity index (χ2v) is 6.77. The van der Waals surface area contributed by atoms with E-state index in [2.05, 4.69) is 15.5 Å². The smallest absolute Gasteiger partial charge is 0.308 e. The molecule has 4 rings (SSSR count). The molecule has 1 amide bonds. The highest BCUT2D eigenvalue weighted by molar-refractivity contribution is 6.06. The zero-order valence-electron chi connectivity index (χ0n) is 13.4. The third-order valence-corrected chi connectivity index (χ3v) is 5.03. The van der Waals surface area contributed by atoms with Crippen LogP contribution in [-0.2, 0) is 4.79 Å². The zero-order chi connectivity index (χ0) is 16.8. The Morgan fingerprint density at radius 3 is 2.79 bits per heavy atom. The van der Waals surface area contributed by atoms with E-state index in [9.17, 15) is 14.7 Å². The van der Waals surface area contributed by atoms with Crippen molar-refractivity contribution in [1.29, 1.82) is 0 Å². The second kappa shape index (κ2) is 5.58. The van der Waals surface area contributed by atoms with Crippen molar-refractivity contribution in [2.45, 2.75) is 51.0 Å². The van der Waals surface area contributed by atoms with Crippen LogP contribution >= 0.6 is 0 Å². The predicted molar refractivity (Wildman–Crippen MR) is 84.7 cm³/mol. The number of pyridine rings is 1. The molecule has 0 aliphatic heterocycles. The molecule has 2 atom stereocenters. The first-order valence-corrected chi connectivity index (χ1v) is 8.35. The maximum Gasteiger partial charge on any atom is 0.308 e. The van der Waals surface area contributed by atoms with Crippen LogP contribution in [0.15, 0.2) is 10.6 Å². The van der Waals surface area contributed by atoms with Crippen LogP contribution in [0.25, 0.3) is 11.1 Å². The monoisotopic (exact) mass is 329 g/mol. The highest BCUT2D eigenvalue weighted by Crippen LogP contribution is 2.40. The van der Waals surface area contributed by atoms with E-state index in [0.717, 1.165) is 25.0 Å². The molecule has 0 unspecified atom stereocenters. The van der Waals surface area contributed by atoms with E-state index in [1.54, 1.807) is 6.92 Å². The SMILES string of the molecule is Cc1noc2nc(C3CC3)cc(C(=O)N[C@@H]3CCC[C@@H]3C(=O)O)c12. The summed E-state index contributed by atoms with van der Waals surface area (Å²) in [6.07, 6.45) is 4.24. The number of nitrogens with zero attached hydrogens (tertiary/aromatic N) is 2. The van der Waals surface area contributed by atoms with Crippen molar-refractivity contribution in [3.05, 3.63) is 23.0 Å². The van der Waals surface area contributed by atoms with Crippen molar-refractivity contribution in [1.82, 2.24) is 15.5 Å². The van der Waals surface area contributed by atoms with Crippen molar-refractivity contribution >= 4 is 23.0 Å². The minimum atomic E-state index is -0.850. The summed E-state index contributed by atoms with van der Waals surface area (Å²) in [4.78, 5) is 28.6. The molecule has 0 radical (unpaired) electrons. The summed E-state index contributed by atoms with van der Waals surface area (Å²) in [5, 5.41) is 16.7. The lowest BCUT2D eigenvalue weighted by Crippen LogP contribution is -2.40. The first kappa shape index (κ1) is 15.1. The number of aliphatic carboxylic acids is 1. The van der Waals surface area contributed by atoms with Crippen molar-refractivity contribution in [2.75, 3.05) is 0 Å². The Morgan fingerprint density at radius 2 is 2.08 bits per heavy atom. The van der Waals surface area contributed by atoms with Gasteiger partial charge in [-0.15, -0.1) is 0 Å². The van der Waals surface area contributed by atoms with Gasteiger partial charge >= 0.3 is 5.97 Å². The Labute approximate surface area is 138 Å². The molecule has 0 bridgehead atoms. The van der Waals surface area contributed by atoms with E-state index in [1.807, 2.05) is 6.07 Å². The van der Waals surface area contributed by atoms with Crippen molar-refractivity contribution < 1.29 is 19.2 Å². The molecule has 0 aromatic carbocycles. The molecule has 2 fully saturated rings. The van der Waals surface area contributed by atoms with Crippen molar-refractivity contribution in [3.63, 3.8) is 0 Å². The standard InChI is InChI=1S/C17H19N3O4/c1-8-14-11(7-13(9-5-6-9)19-16(14)24-20-8)15(21)18-12-4-2-3-10(12)17(22)23/h7,9-10,12H,2-6H2,1H3,(H,18,21)(H,22,23)/t10-,12+/m0/s1. The second-order valence-electron chi connectivity index (χ2n) is 6.77. The fourth-order valence-corrected chi connectivity index (χ4v) is 3.56. The summed E-state index contributed by atoms with van der Waals surface area (Å²) in [5.41, 5.74) is 2.33. The lowest BCUT2D eigenvalue weighted by Gasteiger charge is -2.18. The number of carbonyl (C=O) groups is 2. The van der Waals surface area contributed by atoms with Gasteiger partial charge in [0.25, 0.3) is 11.6 Å². The van der Waals surface area contributed by atoms with E-state index >= 15 is 0 Å². The average molecular weight is 329 g/mol. The lowest BCUT2D eigenvalue weighted by atomic mass is 10.0. The Hall–Kier alpha value is -2.44. The highest BCUT2D eigenvalue weighted by atomic mass is 16.5. The van der Waals surface area contributed by atoms with E-state index in [-0.39, 0.29) is 11.9 Å². The summed E-state index contributed by atoms with van der Waals surface area (Å²) < 4.78 is 5.25. The maximum absolute atomic E-state index is 12.8. The van der Waals surface area contributed by atoms with Gasteiger partial charge < -0.3 is 14.9 Å². The van der Waals surface area contributed by atoms with Gasteiger partial charge in [-0.05, 0) is 38.7 Å². The number of carboxylic acid groups (broad SMARTS) is 1. The van der Waals surface area contributed by atoms with Crippen LogP contribution in [0.4, 0.5) is 0 Å². The van der Waals surface area contributed by atoms with Gasteiger partial charge in [0.1, 0.15) is 0 Å². The molecule has 7 heteroatoms. The average Bonchev–Trinajstić information content (AvgIpc) is 3.20. The van der Waals surface area contributed by atoms with Crippen molar-refractivity contribution in [2.24, 2.45) is 5.92 Å². The number of aromatic nitrogens is 2. The van der Waals surface area contributed by atoms with E-state index in [0.29, 0.717) is 41.1 Å². The van der Waals surface area contributed by atoms with Gasteiger partial charge in [-0.25, -0.2) is 4.98 Å². The molecule has 2 aromatic rings. The van der Waals surface area contributed by atoms with Crippen LogP contribution in [0.1, 0.15) is 59.8 Å². The van der Waals surface area contributed by atoms with Gasteiger partial charge in [-0.3, -0.25) is 9.59 Å². The number of fused-ring (bicyclic) bond motifs is 1. The minimum Gasteiger partial charge on any atom is -0.481 e. The normalized spacial score (nSPS) is 23.5. The molecule has 2 aliphatic carbocycles. The molecule has 126 valence electrons. The molecule has 7 nitrogen and oxygen atoms in total. The molecule has 2 saturated carbocycles. The molecule has 0 spiro atoms. The number of hydrogen-bond donors (Lipinski definition) is 2. The predicted octanol–water partition coefficient (Wildman–Crippen LogP) is 2.39. The van der Waals surface area contributed by atoms with Crippen LogP contribution < -0.4 is 5.32 Å². The number of carbonyl (C=O) groups excluding carboxylic acids is 1. The number of hydrogen-bond acceptors (Lipinski definition) is 5. The fourth-order valence-electron chi connectivity index (χ4n) is 3.56. The molecule has 2 aliphatic rings. The summed E-state index contributed by atoms with van der Waals surface area (Å²) in [7, 11) is 0. The van der Waals surface area contributed by atoms with E-state index in [4.69, 9.17) is 4.52 Å². The Balaban J connectivity index is 1.68. The van der Waals surface area contributed by atoms with Crippen molar-refractivity contribution in [3.8, 4) is 0 Å². The quantitative estimate of drug-likeness (QED) is 0.892. The van der Waals surface area contributed by atoms with Gasteiger partial charge in [0, 0.05) is 17.7 Å². The molecule has 24 heavy (non-hydrogen) atoms. The molecule has 2 heterocycles. The molecular formula is C17H19N3O4. The van der Waals surface area contributed by atoms with E-state index < -0.39 is 11.9 Å². The topological polar surface area (TPSA) is 105 Å². The van der Waals surface area contributed by atoms with Crippen LogP contribution in [0.2, 0.25) is 0 Å². The first-order valence-electron chi connectivity index (χ1n) is 8.35. The number of rotatable bonds is 4. The Kier molecular flexibility index (Phi) is 3.51. The highest BCUT2D eigenvalue weighted by Gasteiger charge is 2.35. The number of carboxylic acids is 1. The Bertz CT molecular complexity index is 825. The maximum atomic E-state index is 12.8. The van der Waals surface area contributed by atoms with Crippen LogP contribution in [0, 0.1) is 12.8 Å². The largest absolute Gasteiger partial charge is 0.481 e. The fraction of sp³-hybridized carbons (Fsp3) is 0.529. The molecule has 0 saturated heterocycles. The summed E-state index contributed by atoms with van der Waals surface area (Å²) >= 11 is 0. The third kappa shape index (κ3) is 2.53. The summed E-state index contributed by atoms with van der Waals surface area (Å²) in [6, 6.07) is 1.48. The van der Waals surface area contributed by atoms with Crippen LogP contribution in [0.5, 0.6) is 0 Å². The summed E-state index contributed by atoms with van der Waals surface area (Å²) in [6.45, 7) is 1.77. The zero-order valence-corrected chi connectivity index (χ0v) is 13.4. The van der Waals surface area contributed by atoms with Crippen LogP contribution in [0.3, 0.4) is 0 Å². The number of amides is 1. The first-order chi connectivity index (χ1) is 11.5. The number of aryl methyl sites for hydroxylation is 1. The minimum absolute atomic E-state index is 0.270. The number of nitrogens with one attached hydrogen (secondary N) is 1. The Morgan fingerprint density at radius 1 is 1.29 bits per heavy atom.